The number of piperidine rings is 1. The Morgan fingerprint density at radius 1 is 1.02 bits per heavy atom. The van der Waals surface area contributed by atoms with Crippen molar-refractivity contribution in [3.8, 4) is 5.75 Å². The number of ether oxygens (including phenoxy) is 1. The molecule has 2 aliphatic carbocycles. The van der Waals surface area contributed by atoms with Crippen molar-refractivity contribution >= 4 is 33.2 Å². The number of fused-ring (bicyclic) bond motifs is 5. The number of allylic oxidation sites excluding steroid dienone is 1. The second-order valence-corrected chi connectivity index (χ2v) is 19.3. The third-order valence-electron chi connectivity index (χ3n) is 13.5. The molecule has 4 heterocycles. The number of carbonyl (C=O) groups excluding carboxylic acids is 1. The Labute approximate surface area is 314 Å². The Kier molecular flexibility index (Phi) is 9.94. The van der Waals surface area contributed by atoms with Crippen LogP contribution >= 0.6 is 11.6 Å². The van der Waals surface area contributed by atoms with Gasteiger partial charge in [0.2, 0.25) is 10.0 Å². The summed E-state index contributed by atoms with van der Waals surface area (Å²) < 4.78 is 35.8. The fourth-order valence-corrected chi connectivity index (χ4v) is 11.9. The number of rotatable bonds is 2. The van der Waals surface area contributed by atoms with Crippen LogP contribution in [0, 0.1) is 23.7 Å². The van der Waals surface area contributed by atoms with Gasteiger partial charge in [-0.25, -0.2) is 13.1 Å². The number of aliphatic hydroxyl groups is 1. The number of nitrogens with one attached hydrogen (secondary N) is 1. The van der Waals surface area contributed by atoms with Crippen molar-refractivity contribution in [1.29, 1.82) is 0 Å². The molecule has 52 heavy (non-hydrogen) atoms. The number of piperazine rings is 1. The summed E-state index contributed by atoms with van der Waals surface area (Å²) in [5, 5.41) is 13.6. The maximum atomic E-state index is 13.5. The van der Waals surface area contributed by atoms with E-state index in [2.05, 4.69) is 31.6 Å². The molecule has 1 saturated carbocycles. The molecule has 2 bridgehead atoms. The minimum Gasteiger partial charge on any atom is -0.490 e. The van der Waals surface area contributed by atoms with Crippen LogP contribution in [-0.4, -0.2) is 99.0 Å². The monoisotopic (exact) mass is 750 g/mol. The minimum absolute atomic E-state index is 0.0415. The lowest BCUT2D eigenvalue weighted by Gasteiger charge is -2.52. The summed E-state index contributed by atoms with van der Waals surface area (Å²) in [4.78, 5) is 21.1. The third kappa shape index (κ3) is 7.15. The van der Waals surface area contributed by atoms with E-state index in [-0.39, 0.29) is 34.8 Å². The van der Waals surface area contributed by atoms with Gasteiger partial charge in [-0.2, -0.15) is 0 Å². The first-order valence-corrected chi connectivity index (χ1v) is 21.7. The molecule has 2 aromatic rings. The topological polar surface area (TPSA) is 102 Å². The minimum atomic E-state index is -3.93. The number of carbonyl (C=O) groups is 1. The highest BCUT2D eigenvalue weighted by Crippen LogP contribution is 2.48. The van der Waals surface area contributed by atoms with Gasteiger partial charge in [0.15, 0.2) is 0 Å². The van der Waals surface area contributed by atoms with E-state index >= 15 is 0 Å². The van der Waals surface area contributed by atoms with Crippen LogP contribution in [0.25, 0.3) is 0 Å². The zero-order valence-corrected chi connectivity index (χ0v) is 32.3. The molecule has 282 valence electrons. The first-order valence-electron chi connectivity index (χ1n) is 19.6. The van der Waals surface area contributed by atoms with Gasteiger partial charge in [-0.15, -0.1) is 0 Å². The van der Waals surface area contributed by atoms with E-state index < -0.39 is 21.5 Å². The lowest BCUT2D eigenvalue weighted by molar-refractivity contribution is -0.0767. The van der Waals surface area contributed by atoms with Crippen LogP contribution in [0.1, 0.15) is 80.3 Å². The van der Waals surface area contributed by atoms with Gasteiger partial charge in [-0.3, -0.25) is 14.6 Å². The summed E-state index contributed by atoms with van der Waals surface area (Å²) in [7, 11) is -3.93. The average Bonchev–Trinajstić information content (AvgIpc) is 3.24. The number of aryl methyl sites for hydroxylation is 1. The summed E-state index contributed by atoms with van der Waals surface area (Å²) in [6.07, 6.45) is 12.7. The van der Waals surface area contributed by atoms with E-state index in [0.717, 1.165) is 62.4 Å². The van der Waals surface area contributed by atoms with Crippen molar-refractivity contribution in [2.75, 3.05) is 63.1 Å². The lowest BCUT2D eigenvalue weighted by Crippen LogP contribution is -2.60. The van der Waals surface area contributed by atoms with Crippen molar-refractivity contribution in [2.24, 2.45) is 23.7 Å². The molecule has 0 radical (unpaired) electrons. The molecule has 2 N–H and O–H groups in total. The first-order chi connectivity index (χ1) is 24.9. The molecule has 2 aromatic carbocycles. The molecular weight excluding hydrogens is 696 g/mol. The van der Waals surface area contributed by atoms with Gasteiger partial charge in [0.25, 0.3) is 5.91 Å². The van der Waals surface area contributed by atoms with Crippen molar-refractivity contribution < 1.29 is 23.1 Å². The predicted octanol–water partition coefficient (Wildman–Crippen LogP) is 5.64. The van der Waals surface area contributed by atoms with E-state index in [9.17, 15) is 18.3 Å². The number of hydrogen-bond acceptors (Lipinski definition) is 8. The van der Waals surface area contributed by atoms with Crippen LogP contribution in [0.5, 0.6) is 5.75 Å². The van der Waals surface area contributed by atoms with Gasteiger partial charge in [0, 0.05) is 61.3 Å². The summed E-state index contributed by atoms with van der Waals surface area (Å²) in [5.74, 6) is -0.242. The van der Waals surface area contributed by atoms with E-state index in [4.69, 9.17) is 16.3 Å². The highest BCUT2D eigenvalue weighted by Gasteiger charge is 2.49. The van der Waals surface area contributed by atoms with Gasteiger partial charge >= 0.3 is 0 Å². The number of halogens is 1. The van der Waals surface area contributed by atoms with Crippen LogP contribution in [-0.2, 0) is 21.9 Å². The maximum absolute atomic E-state index is 13.5. The number of nitrogens with zero attached hydrogens (tertiary/aromatic N) is 3. The molecule has 4 aliphatic heterocycles. The third-order valence-corrected chi connectivity index (χ3v) is 15.2. The standard InChI is InChI=1S/C41H55ClN4O5S/c1-28-14-16-41(48,26-44-18-19-45-17-4-3-7-34(45)23-44)36-11-8-32(36)22-46-25-40(15-5-6-30-20-33(42)10-12-35(30)40)27-51-38-13-9-31(21-37(38)46)39(47)43-52(49,50)24-29(28)2/h9-10,12-14,16,20-21,28-29,32,34,36,48H,3-8,11,15,17-19,22-27H2,1-2H3,(H,43,47)/b16-14-/t28-,29+,32-,34+,36+,40-,41+/m0/s1. The average molecular weight is 751 g/mol. The molecule has 2 saturated heterocycles. The lowest BCUT2D eigenvalue weighted by atomic mass is 9.63. The zero-order chi connectivity index (χ0) is 36.3. The highest BCUT2D eigenvalue weighted by atomic mass is 35.5. The van der Waals surface area contributed by atoms with Crippen LogP contribution in [0.4, 0.5) is 5.69 Å². The Bertz CT molecular complexity index is 1820. The second-order valence-electron chi connectivity index (χ2n) is 17.1. The highest BCUT2D eigenvalue weighted by molar-refractivity contribution is 7.90. The molecule has 8 rings (SSSR count). The number of sulfonamides is 1. The largest absolute Gasteiger partial charge is 0.490 e. The smallest absolute Gasteiger partial charge is 0.264 e. The molecular formula is C41H55ClN4O5S. The zero-order valence-electron chi connectivity index (χ0n) is 30.7. The van der Waals surface area contributed by atoms with E-state index in [0.29, 0.717) is 43.6 Å². The molecule has 0 unspecified atom stereocenters. The molecule has 1 amide bonds. The van der Waals surface area contributed by atoms with Crippen molar-refractivity contribution in [3.63, 3.8) is 0 Å². The molecule has 0 aromatic heterocycles. The summed E-state index contributed by atoms with van der Waals surface area (Å²) in [6, 6.07) is 12.1. The van der Waals surface area contributed by atoms with Crippen molar-refractivity contribution in [2.45, 2.75) is 82.3 Å². The van der Waals surface area contributed by atoms with Crippen LogP contribution in [0.3, 0.4) is 0 Å². The Balaban J connectivity index is 1.17. The molecule has 1 spiro atoms. The number of anilines is 1. The fraction of sp³-hybridized carbons (Fsp3) is 0.634. The van der Waals surface area contributed by atoms with E-state index in [1.54, 1.807) is 6.07 Å². The Hall–Kier alpha value is -2.63. The Morgan fingerprint density at radius 3 is 2.71 bits per heavy atom. The van der Waals surface area contributed by atoms with Gasteiger partial charge in [-0.1, -0.05) is 50.1 Å². The molecule has 9 nitrogen and oxygen atoms in total. The first kappa shape index (κ1) is 36.4. The van der Waals surface area contributed by atoms with Crippen molar-refractivity contribution in [1.82, 2.24) is 14.5 Å². The number of amides is 1. The van der Waals surface area contributed by atoms with E-state index in [1.807, 2.05) is 44.2 Å². The van der Waals surface area contributed by atoms with Crippen LogP contribution in [0.2, 0.25) is 5.02 Å². The number of β-amino-alcohol motifs (C(OH)–C–C–N with tert-alkyl or cyclic N) is 1. The maximum Gasteiger partial charge on any atom is 0.264 e. The fourth-order valence-electron chi connectivity index (χ4n) is 10.2. The molecule has 7 atom stereocenters. The molecule has 11 heteroatoms. The molecule has 6 aliphatic rings. The molecule has 3 fully saturated rings. The summed E-state index contributed by atoms with van der Waals surface area (Å²) in [6.45, 7) is 10.5. The van der Waals surface area contributed by atoms with Gasteiger partial charge in [-0.05, 0) is 117 Å². The summed E-state index contributed by atoms with van der Waals surface area (Å²) in [5.41, 5.74) is 2.27. The van der Waals surface area contributed by atoms with Crippen LogP contribution < -0.4 is 14.4 Å². The quantitative estimate of drug-likeness (QED) is 0.381. The predicted molar refractivity (Wildman–Crippen MR) is 206 cm³/mol. The van der Waals surface area contributed by atoms with Crippen LogP contribution in [0.15, 0.2) is 48.6 Å². The SMILES string of the molecule is C[C@@H]1CS(=O)(=O)NC(=O)c2ccc3c(c2)N(C[C@@H]2CC[C@H]2[C@](O)(CN2CCN4CCCC[C@@H]4C2)/C=C\[C@@H]1C)C[C@@]1(CCCc2cc(Cl)ccc21)CO3. The second kappa shape index (κ2) is 14.2. The number of hydrogen-bond donors (Lipinski definition) is 2. The normalized spacial score (nSPS) is 35.9. The van der Waals surface area contributed by atoms with Crippen molar-refractivity contribution in [3.05, 3.63) is 70.3 Å². The van der Waals surface area contributed by atoms with E-state index in [1.165, 1.54) is 36.9 Å². The summed E-state index contributed by atoms with van der Waals surface area (Å²) >= 11 is 6.49. The van der Waals surface area contributed by atoms with Gasteiger partial charge in [0.1, 0.15) is 5.75 Å². The Morgan fingerprint density at radius 2 is 1.88 bits per heavy atom. The number of benzene rings is 2. The van der Waals surface area contributed by atoms with Gasteiger partial charge < -0.3 is 14.7 Å². The van der Waals surface area contributed by atoms with Gasteiger partial charge in [0.05, 0.1) is 23.6 Å².